The minimum atomic E-state index is 0.744. The summed E-state index contributed by atoms with van der Waals surface area (Å²) < 4.78 is 0. The van der Waals surface area contributed by atoms with E-state index in [1.165, 1.54) is 68.9 Å². The Balaban J connectivity index is 1.73. The van der Waals surface area contributed by atoms with Gasteiger partial charge in [-0.3, -0.25) is 4.98 Å². The highest BCUT2D eigenvalue weighted by Crippen LogP contribution is 2.52. The first-order valence-electron chi connectivity index (χ1n) is 9.87. The smallest absolute Gasteiger partial charge is 0.0784 e. The van der Waals surface area contributed by atoms with Crippen molar-refractivity contribution in [3.05, 3.63) is 65.9 Å². The number of nitrogens with zero attached hydrogens (tertiary/aromatic N) is 1. The lowest BCUT2D eigenvalue weighted by Gasteiger charge is -2.38. The maximum atomic E-state index is 5.02. The van der Waals surface area contributed by atoms with Crippen LogP contribution >= 0.6 is 0 Å². The monoisotopic (exact) mass is 333 g/mol. The Kier molecular flexibility index (Phi) is 2.36. The molecular formula is C25H19N. The number of benzene rings is 4. The first-order chi connectivity index (χ1) is 12.9. The molecule has 1 aromatic heterocycles. The summed E-state index contributed by atoms with van der Waals surface area (Å²) in [7, 11) is 0. The Morgan fingerprint density at radius 1 is 0.692 bits per heavy atom. The van der Waals surface area contributed by atoms with E-state index in [4.69, 9.17) is 4.98 Å². The van der Waals surface area contributed by atoms with Crippen molar-refractivity contribution in [2.75, 3.05) is 0 Å². The number of fused-ring (bicyclic) bond motifs is 4. The lowest BCUT2D eigenvalue weighted by Crippen LogP contribution is -2.22. The molecule has 0 spiro atoms. The van der Waals surface area contributed by atoms with Crippen molar-refractivity contribution in [2.45, 2.75) is 37.5 Å². The molecule has 1 heterocycles. The molecule has 3 aliphatic carbocycles. The first kappa shape index (κ1) is 13.5. The zero-order valence-electron chi connectivity index (χ0n) is 14.6. The van der Waals surface area contributed by atoms with E-state index < -0.39 is 0 Å². The third-order valence-corrected chi connectivity index (χ3v) is 7.13. The van der Waals surface area contributed by atoms with Gasteiger partial charge in [-0.15, -0.1) is 0 Å². The summed E-state index contributed by atoms with van der Waals surface area (Å²) in [6, 6.07) is 18.2. The van der Waals surface area contributed by atoms with Crippen LogP contribution in [0.3, 0.4) is 0 Å². The molecule has 1 nitrogen and oxygen atoms in total. The predicted molar refractivity (Wildman–Crippen MR) is 109 cm³/mol. The molecule has 1 fully saturated rings. The Morgan fingerprint density at radius 2 is 1.42 bits per heavy atom. The maximum Gasteiger partial charge on any atom is 0.0784 e. The van der Waals surface area contributed by atoms with Crippen LogP contribution in [0, 0.1) is 0 Å². The molecule has 0 radical (unpaired) electrons. The average Bonchev–Trinajstić information content (AvgIpc) is 2.72. The minimum absolute atomic E-state index is 0.744. The number of aromatic nitrogens is 1. The summed E-state index contributed by atoms with van der Waals surface area (Å²) in [5.41, 5.74) is 4.39. The van der Waals surface area contributed by atoms with Gasteiger partial charge in [0.05, 0.1) is 5.52 Å². The van der Waals surface area contributed by atoms with Gasteiger partial charge in [0, 0.05) is 17.0 Å². The van der Waals surface area contributed by atoms with Gasteiger partial charge in [-0.1, -0.05) is 42.5 Å². The normalized spacial score (nSPS) is 22.0. The van der Waals surface area contributed by atoms with Gasteiger partial charge < -0.3 is 0 Å². The second-order valence-electron chi connectivity index (χ2n) is 8.30. The van der Waals surface area contributed by atoms with Crippen LogP contribution in [0.25, 0.3) is 43.2 Å². The molecule has 3 aliphatic rings. The molecule has 0 atom stereocenters. The molecule has 8 rings (SSSR count). The Bertz CT molecular complexity index is 1320. The van der Waals surface area contributed by atoms with Crippen molar-refractivity contribution in [3.8, 4) is 0 Å². The zero-order chi connectivity index (χ0) is 16.8. The van der Waals surface area contributed by atoms with Gasteiger partial charge in [0.2, 0.25) is 0 Å². The van der Waals surface area contributed by atoms with Crippen LogP contribution in [-0.4, -0.2) is 4.98 Å². The van der Waals surface area contributed by atoms with Gasteiger partial charge in [-0.25, -0.2) is 0 Å². The summed E-state index contributed by atoms with van der Waals surface area (Å²) in [5.74, 6) is 1.49. The summed E-state index contributed by atoms with van der Waals surface area (Å²) >= 11 is 0. The molecule has 124 valence electrons. The van der Waals surface area contributed by atoms with Gasteiger partial charge in [-0.2, -0.15) is 0 Å². The highest BCUT2D eigenvalue weighted by Gasteiger charge is 2.34. The Labute approximate surface area is 152 Å². The molecular weight excluding hydrogens is 314 g/mol. The van der Waals surface area contributed by atoms with Crippen LogP contribution in [-0.2, 0) is 0 Å². The van der Waals surface area contributed by atoms with Gasteiger partial charge >= 0.3 is 0 Å². The molecule has 4 aromatic carbocycles. The molecule has 1 saturated carbocycles. The fraction of sp³-hybridized carbons (Fsp3) is 0.240. The van der Waals surface area contributed by atoms with E-state index in [2.05, 4.69) is 54.7 Å². The zero-order valence-corrected chi connectivity index (χ0v) is 14.6. The molecule has 2 bridgehead atoms. The highest BCUT2D eigenvalue weighted by atomic mass is 14.7. The quantitative estimate of drug-likeness (QED) is 0.222. The van der Waals surface area contributed by atoms with E-state index in [9.17, 15) is 0 Å². The molecule has 5 aromatic rings. The van der Waals surface area contributed by atoms with Crippen LogP contribution in [0.5, 0.6) is 0 Å². The van der Waals surface area contributed by atoms with Crippen LogP contribution in [0.2, 0.25) is 0 Å². The largest absolute Gasteiger partial charge is 0.255 e. The number of rotatable bonds is 0. The SMILES string of the molecule is c1cc2ccc3cc4c5c(cnc4c4ccc(c1)c2c34)C1CCC5CC1. The number of hydrogen-bond donors (Lipinski definition) is 0. The Morgan fingerprint density at radius 3 is 2.27 bits per heavy atom. The molecule has 0 saturated heterocycles. The lowest BCUT2D eigenvalue weighted by atomic mass is 9.66. The summed E-state index contributed by atoms with van der Waals surface area (Å²) in [6.07, 6.45) is 7.66. The van der Waals surface area contributed by atoms with Gasteiger partial charge in [0.25, 0.3) is 0 Å². The number of pyridine rings is 1. The second kappa shape index (κ2) is 4.54. The maximum absolute atomic E-state index is 5.02. The topological polar surface area (TPSA) is 12.9 Å². The highest BCUT2D eigenvalue weighted by molar-refractivity contribution is 6.28. The van der Waals surface area contributed by atoms with E-state index in [-0.39, 0.29) is 0 Å². The predicted octanol–water partition coefficient (Wildman–Crippen LogP) is 6.89. The molecule has 0 N–H and O–H groups in total. The first-order valence-corrected chi connectivity index (χ1v) is 9.87. The molecule has 26 heavy (non-hydrogen) atoms. The van der Waals surface area contributed by atoms with Crippen LogP contribution in [0.4, 0.5) is 0 Å². The van der Waals surface area contributed by atoms with E-state index in [0.717, 1.165) is 11.8 Å². The molecule has 0 aliphatic heterocycles. The molecule has 0 amide bonds. The van der Waals surface area contributed by atoms with E-state index in [1.54, 1.807) is 11.1 Å². The fourth-order valence-electron chi connectivity index (χ4n) is 5.97. The minimum Gasteiger partial charge on any atom is -0.255 e. The number of hydrogen-bond acceptors (Lipinski definition) is 1. The average molecular weight is 333 g/mol. The van der Waals surface area contributed by atoms with Crippen molar-refractivity contribution in [3.63, 3.8) is 0 Å². The van der Waals surface area contributed by atoms with Crippen molar-refractivity contribution < 1.29 is 0 Å². The summed E-state index contributed by atoms with van der Waals surface area (Å²) in [5, 5.41) is 9.56. The third kappa shape index (κ3) is 1.51. The van der Waals surface area contributed by atoms with Crippen molar-refractivity contribution in [1.82, 2.24) is 4.98 Å². The summed E-state index contributed by atoms with van der Waals surface area (Å²) in [4.78, 5) is 5.02. The fourth-order valence-corrected chi connectivity index (χ4v) is 5.97. The standard InChI is InChI=1S/C25H19N/c1-2-15-8-9-18-12-20-23-17-6-4-14(5-7-17)21(23)13-26-25(20)19-11-10-16(3-1)22(15)24(18)19/h1-3,8-14,17H,4-7H2. The van der Waals surface area contributed by atoms with Crippen molar-refractivity contribution in [2.24, 2.45) is 0 Å². The van der Waals surface area contributed by atoms with E-state index >= 15 is 0 Å². The second-order valence-corrected chi connectivity index (χ2v) is 8.30. The van der Waals surface area contributed by atoms with E-state index in [1.807, 2.05) is 0 Å². The lowest BCUT2D eigenvalue weighted by molar-refractivity contribution is 0.360. The Hall–Kier alpha value is -2.67. The third-order valence-electron chi connectivity index (χ3n) is 7.13. The molecule has 0 unspecified atom stereocenters. The van der Waals surface area contributed by atoms with Crippen molar-refractivity contribution >= 4 is 43.2 Å². The van der Waals surface area contributed by atoms with E-state index in [0.29, 0.717) is 0 Å². The summed E-state index contributed by atoms with van der Waals surface area (Å²) in [6.45, 7) is 0. The van der Waals surface area contributed by atoms with Gasteiger partial charge in [-0.05, 0) is 81.6 Å². The van der Waals surface area contributed by atoms with Crippen molar-refractivity contribution in [1.29, 1.82) is 0 Å². The molecule has 1 heteroatoms. The van der Waals surface area contributed by atoms with Crippen LogP contribution in [0.15, 0.2) is 54.7 Å². The van der Waals surface area contributed by atoms with Crippen LogP contribution < -0.4 is 0 Å². The van der Waals surface area contributed by atoms with Gasteiger partial charge in [0.1, 0.15) is 0 Å². The van der Waals surface area contributed by atoms with Gasteiger partial charge in [0.15, 0.2) is 0 Å². The van der Waals surface area contributed by atoms with Crippen LogP contribution in [0.1, 0.15) is 48.6 Å².